The zero-order chi connectivity index (χ0) is 14.2. The molecule has 0 amide bonds. The minimum Gasteiger partial charge on any atom is -0.479 e. The van der Waals surface area contributed by atoms with E-state index < -0.39 is 0 Å². The smallest absolute Gasteiger partial charge is 0.240 e. The molecule has 0 aliphatic carbocycles. The number of Topliss-reactive ketones (excluding diaryl/α,β-unsaturated/α-hetero) is 1. The lowest BCUT2D eigenvalue weighted by molar-refractivity contribution is 0.0939. The maximum atomic E-state index is 12.1. The van der Waals surface area contributed by atoms with Crippen molar-refractivity contribution in [1.82, 2.24) is 9.78 Å². The highest BCUT2D eigenvalue weighted by Crippen LogP contribution is 2.28. The third-order valence-corrected chi connectivity index (χ3v) is 3.16. The van der Waals surface area contributed by atoms with Gasteiger partial charge >= 0.3 is 0 Å². The van der Waals surface area contributed by atoms with Crippen molar-refractivity contribution in [3.63, 3.8) is 0 Å². The molecule has 4 heteroatoms. The fourth-order valence-electron chi connectivity index (χ4n) is 2.14. The largest absolute Gasteiger partial charge is 0.479 e. The maximum absolute atomic E-state index is 12.1. The Morgan fingerprint density at radius 1 is 1.26 bits per heavy atom. The topological polar surface area (TPSA) is 44.1 Å². The number of benzene rings is 1. The molecule has 0 aliphatic rings. The molecule has 1 aromatic heterocycles. The van der Waals surface area contributed by atoms with Crippen molar-refractivity contribution in [1.29, 1.82) is 0 Å². The Bertz CT molecular complexity index is 612. The number of ether oxygens (including phenoxy) is 1. The van der Waals surface area contributed by atoms with Gasteiger partial charge in [0.2, 0.25) is 5.88 Å². The number of ketones is 1. The second kappa shape index (κ2) is 5.03. The molecule has 0 N–H and O–H groups in total. The molecule has 4 nitrogen and oxygen atoms in total. The average molecular weight is 260 g/mol. The maximum Gasteiger partial charge on any atom is 0.240 e. The van der Waals surface area contributed by atoms with E-state index in [0.717, 1.165) is 10.9 Å². The third-order valence-electron chi connectivity index (χ3n) is 3.16. The molecule has 0 saturated carbocycles. The Balaban J connectivity index is 2.62. The van der Waals surface area contributed by atoms with Crippen LogP contribution in [0.3, 0.4) is 0 Å². The second-order valence-electron chi connectivity index (χ2n) is 5.30. The van der Waals surface area contributed by atoms with Gasteiger partial charge in [-0.25, -0.2) is 0 Å². The second-order valence-corrected chi connectivity index (χ2v) is 5.30. The molecule has 2 rings (SSSR count). The minimum absolute atomic E-state index is 0.0106. The number of methoxy groups -OCH3 is 1. The average Bonchev–Trinajstić information content (AvgIpc) is 2.75. The first kappa shape index (κ1) is 13.6. The SMILES string of the molecule is COc1nn(C(C)C)c2ccc(C(=O)C(C)C)cc12. The van der Waals surface area contributed by atoms with Crippen LogP contribution in [0.4, 0.5) is 0 Å². The van der Waals surface area contributed by atoms with E-state index in [1.807, 2.05) is 36.7 Å². The zero-order valence-corrected chi connectivity index (χ0v) is 12.1. The summed E-state index contributed by atoms with van der Waals surface area (Å²) >= 11 is 0. The van der Waals surface area contributed by atoms with Gasteiger partial charge in [-0.1, -0.05) is 13.8 Å². The van der Waals surface area contributed by atoms with Gasteiger partial charge in [0, 0.05) is 17.5 Å². The van der Waals surface area contributed by atoms with E-state index in [-0.39, 0.29) is 17.7 Å². The molecule has 1 aromatic carbocycles. The number of nitrogens with zero attached hydrogens (tertiary/aromatic N) is 2. The molecule has 0 spiro atoms. The molecule has 1 heterocycles. The van der Waals surface area contributed by atoms with Crippen LogP contribution in [-0.4, -0.2) is 22.7 Å². The number of rotatable bonds is 4. The van der Waals surface area contributed by atoms with Crippen LogP contribution in [0.1, 0.15) is 44.1 Å². The lowest BCUT2D eigenvalue weighted by Crippen LogP contribution is -2.07. The monoisotopic (exact) mass is 260 g/mol. The van der Waals surface area contributed by atoms with E-state index >= 15 is 0 Å². The van der Waals surface area contributed by atoms with Crippen molar-refractivity contribution < 1.29 is 9.53 Å². The van der Waals surface area contributed by atoms with E-state index in [2.05, 4.69) is 18.9 Å². The Morgan fingerprint density at radius 3 is 2.47 bits per heavy atom. The first-order valence-electron chi connectivity index (χ1n) is 6.56. The van der Waals surface area contributed by atoms with Gasteiger partial charge in [-0.2, -0.15) is 0 Å². The first-order chi connectivity index (χ1) is 8.95. The Kier molecular flexibility index (Phi) is 3.60. The van der Waals surface area contributed by atoms with Crippen LogP contribution >= 0.6 is 0 Å². The van der Waals surface area contributed by atoms with Crippen molar-refractivity contribution in [3.05, 3.63) is 23.8 Å². The molecule has 102 valence electrons. The molecule has 2 aromatic rings. The molecule has 19 heavy (non-hydrogen) atoms. The Labute approximate surface area is 113 Å². The lowest BCUT2D eigenvalue weighted by Gasteiger charge is -2.07. The van der Waals surface area contributed by atoms with E-state index in [1.54, 1.807) is 7.11 Å². The summed E-state index contributed by atoms with van der Waals surface area (Å²) in [5, 5.41) is 5.33. The van der Waals surface area contributed by atoms with Crippen molar-refractivity contribution in [2.75, 3.05) is 7.11 Å². The van der Waals surface area contributed by atoms with Gasteiger partial charge in [0.25, 0.3) is 0 Å². The van der Waals surface area contributed by atoms with Gasteiger partial charge < -0.3 is 4.74 Å². The summed E-state index contributed by atoms with van der Waals surface area (Å²) in [7, 11) is 1.60. The van der Waals surface area contributed by atoms with E-state index in [1.165, 1.54) is 0 Å². The zero-order valence-electron chi connectivity index (χ0n) is 12.1. The predicted octanol–water partition coefficient (Wildman–Crippen LogP) is 3.46. The number of carbonyl (C=O) groups excluding carboxylic acids is 1. The number of hydrogen-bond donors (Lipinski definition) is 0. The standard InChI is InChI=1S/C15H20N2O2/c1-9(2)14(18)11-6-7-13-12(8-11)15(19-5)16-17(13)10(3)4/h6-10H,1-5H3. The molecule has 0 aliphatic heterocycles. The van der Waals surface area contributed by atoms with Crippen LogP contribution in [0.5, 0.6) is 5.88 Å². The summed E-state index contributed by atoms with van der Waals surface area (Å²) in [6.45, 7) is 7.95. The van der Waals surface area contributed by atoms with Crippen molar-refractivity contribution in [2.45, 2.75) is 33.7 Å². The quantitative estimate of drug-likeness (QED) is 0.791. The molecular formula is C15H20N2O2. The van der Waals surface area contributed by atoms with Crippen LogP contribution in [0.15, 0.2) is 18.2 Å². The van der Waals surface area contributed by atoms with Gasteiger partial charge in [-0.3, -0.25) is 9.48 Å². The number of carbonyl (C=O) groups is 1. The summed E-state index contributed by atoms with van der Waals surface area (Å²) in [6.07, 6.45) is 0. The molecule has 0 atom stereocenters. The highest BCUT2D eigenvalue weighted by atomic mass is 16.5. The van der Waals surface area contributed by atoms with Crippen LogP contribution < -0.4 is 4.74 Å². The van der Waals surface area contributed by atoms with E-state index in [9.17, 15) is 4.79 Å². The third kappa shape index (κ3) is 2.35. The summed E-state index contributed by atoms with van der Waals surface area (Å²) in [4.78, 5) is 12.1. The lowest BCUT2D eigenvalue weighted by atomic mass is 10.00. The number of aromatic nitrogens is 2. The minimum atomic E-state index is -0.0106. The molecule has 0 fully saturated rings. The fourth-order valence-corrected chi connectivity index (χ4v) is 2.14. The highest BCUT2D eigenvalue weighted by Gasteiger charge is 2.16. The summed E-state index contributed by atoms with van der Waals surface area (Å²) in [5.41, 5.74) is 1.70. The van der Waals surface area contributed by atoms with Gasteiger partial charge in [0.15, 0.2) is 5.78 Å². The molecular weight excluding hydrogens is 240 g/mol. The Hall–Kier alpha value is -1.84. The summed E-state index contributed by atoms with van der Waals surface area (Å²) in [6, 6.07) is 5.94. The van der Waals surface area contributed by atoms with E-state index in [4.69, 9.17) is 4.74 Å². The predicted molar refractivity (Wildman–Crippen MR) is 75.8 cm³/mol. The van der Waals surface area contributed by atoms with Crippen LogP contribution in [-0.2, 0) is 0 Å². The molecule has 0 radical (unpaired) electrons. The number of fused-ring (bicyclic) bond motifs is 1. The van der Waals surface area contributed by atoms with Crippen molar-refractivity contribution in [2.24, 2.45) is 5.92 Å². The fraction of sp³-hybridized carbons (Fsp3) is 0.467. The van der Waals surface area contributed by atoms with Crippen molar-refractivity contribution >= 4 is 16.7 Å². The van der Waals surface area contributed by atoms with E-state index in [0.29, 0.717) is 11.4 Å². The van der Waals surface area contributed by atoms with Crippen LogP contribution in [0, 0.1) is 5.92 Å². The van der Waals surface area contributed by atoms with Gasteiger partial charge in [-0.15, -0.1) is 5.10 Å². The van der Waals surface area contributed by atoms with Gasteiger partial charge in [-0.05, 0) is 32.0 Å². The molecule has 0 saturated heterocycles. The molecule has 0 unspecified atom stereocenters. The summed E-state index contributed by atoms with van der Waals surface area (Å²) < 4.78 is 7.22. The van der Waals surface area contributed by atoms with Gasteiger partial charge in [0.05, 0.1) is 18.0 Å². The van der Waals surface area contributed by atoms with Crippen LogP contribution in [0.25, 0.3) is 10.9 Å². The van der Waals surface area contributed by atoms with Crippen molar-refractivity contribution in [3.8, 4) is 5.88 Å². The normalized spacial score (nSPS) is 11.5. The van der Waals surface area contributed by atoms with Gasteiger partial charge in [0.1, 0.15) is 0 Å². The number of hydrogen-bond acceptors (Lipinski definition) is 3. The van der Waals surface area contributed by atoms with Crippen LogP contribution in [0.2, 0.25) is 0 Å². The molecule has 0 bridgehead atoms. The Morgan fingerprint density at radius 2 is 1.95 bits per heavy atom. The highest BCUT2D eigenvalue weighted by molar-refractivity contribution is 6.01. The first-order valence-corrected chi connectivity index (χ1v) is 6.56. The summed E-state index contributed by atoms with van der Waals surface area (Å²) in [5.74, 6) is 0.701.